The van der Waals surface area contributed by atoms with Crippen LogP contribution in [0.3, 0.4) is 0 Å². The van der Waals surface area contributed by atoms with E-state index >= 15 is 0 Å². The minimum absolute atomic E-state index is 0.0384. The van der Waals surface area contributed by atoms with E-state index in [0.717, 1.165) is 0 Å². The number of aliphatic hydroxyl groups excluding tert-OH is 4. The van der Waals surface area contributed by atoms with E-state index in [0.29, 0.717) is 25.3 Å². The molecule has 2 fully saturated rings. The molecule has 1 saturated carbocycles. The summed E-state index contributed by atoms with van der Waals surface area (Å²) in [4.78, 5) is 12.5. The van der Waals surface area contributed by atoms with Gasteiger partial charge >= 0.3 is 0 Å². The van der Waals surface area contributed by atoms with Crippen molar-refractivity contribution in [1.29, 1.82) is 0 Å². The Labute approximate surface area is 233 Å². The molecule has 0 aromatic carbocycles. The summed E-state index contributed by atoms with van der Waals surface area (Å²) >= 11 is 0. The predicted octanol–water partition coefficient (Wildman–Crippen LogP) is -5.75. The smallest absolute Gasteiger partial charge is 0.250 e. The maximum atomic E-state index is 12.5. The highest BCUT2D eigenvalue weighted by Crippen LogP contribution is 2.32. The van der Waals surface area contributed by atoms with Gasteiger partial charge in [0.25, 0.3) is 0 Å². The molecule has 1 saturated heterocycles. The first-order chi connectivity index (χ1) is 18.9. The van der Waals surface area contributed by atoms with Gasteiger partial charge in [0.15, 0.2) is 6.29 Å². The zero-order chi connectivity index (χ0) is 29.6. The van der Waals surface area contributed by atoms with E-state index in [-0.39, 0.29) is 26.2 Å². The second-order valence-electron chi connectivity index (χ2n) is 10.7. The molecule has 16 nitrogen and oxygen atoms in total. The number of carbonyl (C=O) groups excluding carboxylic acids is 1. The second kappa shape index (κ2) is 14.6. The highest BCUT2D eigenvalue weighted by molar-refractivity contribution is 5.81. The maximum absolute atomic E-state index is 12.5. The van der Waals surface area contributed by atoms with Gasteiger partial charge in [0.05, 0.1) is 37.9 Å². The average molecular weight is 579 g/mol. The van der Waals surface area contributed by atoms with Crippen LogP contribution in [0.5, 0.6) is 0 Å². The Morgan fingerprint density at radius 3 is 2.55 bits per heavy atom. The van der Waals surface area contributed by atoms with E-state index in [1.807, 2.05) is 0 Å². The fourth-order valence-electron chi connectivity index (χ4n) is 5.20. The van der Waals surface area contributed by atoms with Crippen molar-refractivity contribution < 1.29 is 49.3 Å². The Morgan fingerprint density at radius 1 is 1.20 bits per heavy atom. The first-order valence-corrected chi connectivity index (χ1v) is 13.5. The number of hydrogen-bond donors (Lipinski definition) is 11. The van der Waals surface area contributed by atoms with Crippen molar-refractivity contribution in [2.24, 2.45) is 17.2 Å². The van der Waals surface area contributed by atoms with E-state index in [1.165, 1.54) is 6.92 Å². The van der Waals surface area contributed by atoms with E-state index in [4.69, 9.17) is 41.3 Å². The van der Waals surface area contributed by atoms with E-state index in [2.05, 4.69) is 16.0 Å². The lowest BCUT2D eigenvalue weighted by molar-refractivity contribution is -0.304. The number of rotatable bonds is 12. The number of carbonyl (C=O) groups is 1. The fourth-order valence-corrected chi connectivity index (χ4v) is 5.20. The van der Waals surface area contributed by atoms with Crippen LogP contribution in [0.25, 0.3) is 0 Å². The largest absolute Gasteiger partial charge is 0.467 e. The van der Waals surface area contributed by atoms with Crippen LogP contribution in [-0.2, 0) is 23.7 Å². The Bertz CT molecular complexity index is 853. The van der Waals surface area contributed by atoms with E-state index < -0.39 is 78.8 Å². The highest BCUT2D eigenvalue weighted by atomic mass is 16.7. The SMILES string of the molecule is CN[C@@H]1[C@@H](O)[C@@H](O[C@@H]2[C@@H](O)[C@H](O[C@H]3OC(CNCCO)=CC[C@H]3N)[C@@H](N)C[C@H]2NC(=O)[C@@H](O)CN)OC[C@]1(C)O. The van der Waals surface area contributed by atoms with Crippen LogP contribution in [0.2, 0.25) is 0 Å². The quantitative estimate of drug-likeness (QED) is 0.0963. The van der Waals surface area contributed by atoms with Crippen LogP contribution in [0.15, 0.2) is 11.8 Å². The summed E-state index contributed by atoms with van der Waals surface area (Å²) in [6.45, 7) is 1.66. The van der Waals surface area contributed by atoms with Gasteiger partial charge in [-0.15, -0.1) is 0 Å². The van der Waals surface area contributed by atoms with Gasteiger partial charge in [0, 0.05) is 19.1 Å². The lowest BCUT2D eigenvalue weighted by atomic mass is 9.83. The van der Waals surface area contributed by atoms with Crippen molar-refractivity contribution in [3.8, 4) is 0 Å². The molecular formula is C24H46N6O10. The molecule has 3 aliphatic rings. The third kappa shape index (κ3) is 7.86. The Kier molecular flexibility index (Phi) is 12.0. The molecular weight excluding hydrogens is 532 g/mol. The summed E-state index contributed by atoms with van der Waals surface area (Å²) in [5, 5.41) is 60.3. The lowest BCUT2D eigenvalue weighted by Gasteiger charge is -2.48. The minimum Gasteiger partial charge on any atom is -0.467 e. The highest BCUT2D eigenvalue weighted by Gasteiger charge is 2.51. The molecule has 0 spiro atoms. The first-order valence-electron chi connectivity index (χ1n) is 13.5. The number of likely N-dealkylation sites (N-methyl/N-ethyl adjacent to an activating group) is 1. The van der Waals surface area contributed by atoms with Gasteiger partial charge in [-0.05, 0) is 32.9 Å². The molecule has 1 amide bonds. The van der Waals surface area contributed by atoms with Crippen molar-refractivity contribution in [2.45, 2.75) is 92.6 Å². The monoisotopic (exact) mass is 578 g/mol. The van der Waals surface area contributed by atoms with Crippen LogP contribution in [0, 0.1) is 0 Å². The van der Waals surface area contributed by atoms with Crippen LogP contribution >= 0.6 is 0 Å². The predicted molar refractivity (Wildman–Crippen MR) is 140 cm³/mol. The normalized spacial score (nSPS) is 41.1. The molecule has 0 radical (unpaired) electrons. The van der Waals surface area contributed by atoms with Gasteiger partial charge in [-0.1, -0.05) is 0 Å². The maximum Gasteiger partial charge on any atom is 0.250 e. The number of aliphatic hydroxyl groups is 5. The molecule has 0 bridgehead atoms. The summed E-state index contributed by atoms with van der Waals surface area (Å²) in [6.07, 6.45) is -6.58. The zero-order valence-electron chi connectivity index (χ0n) is 22.9. The van der Waals surface area contributed by atoms with Crippen molar-refractivity contribution >= 4 is 5.91 Å². The van der Waals surface area contributed by atoms with Gasteiger partial charge in [0.1, 0.15) is 41.9 Å². The third-order valence-electron chi connectivity index (χ3n) is 7.42. The topological polar surface area (TPSA) is 269 Å². The molecule has 12 atom stereocenters. The van der Waals surface area contributed by atoms with Gasteiger partial charge in [-0.3, -0.25) is 4.79 Å². The Morgan fingerprint density at radius 2 is 1.90 bits per heavy atom. The fraction of sp³-hybridized carbons (Fsp3) is 0.875. The Balaban J connectivity index is 1.79. The summed E-state index contributed by atoms with van der Waals surface area (Å²) in [7, 11) is 1.57. The first kappa shape index (κ1) is 33.0. The van der Waals surface area contributed by atoms with Crippen LogP contribution in [0.1, 0.15) is 19.8 Å². The summed E-state index contributed by atoms with van der Waals surface area (Å²) < 4.78 is 23.6. The molecule has 1 aliphatic carbocycles. The summed E-state index contributed by atoms with van der Waals surface area (Å²) in [5.41, 5.74) is 16.6. The molecule has 2 aliphatic heterocycles. The molecule has 0 aromatic rings. The van der Waals surface area contributed by atoms with Gasteiger partial charge in [-0.25, -0.2) is 0 Å². The van der Waals surface area contributed by atoms with Gasteiger partial charge < -0.3 is 77.6 Å². The van der Waals surface area contributed by atoms with Gasteiger partial charge in [0.2, 0.25) is 12.2 Å². The number of amides is 1. The third-order valence-corrected chi connectivity index (χ3v) is 7.42. The van der Waals surface area contributed by atoms with Crippen LogP contribution in [-0.4, -0.2) is 144 Å². The molecule has 0 aromatic heterocycles. The molecule has 14 N–H and O–H groups in total. The average Bonchev–Trinajstić information content (AvgIpc) is 2.91. The van der Waals surface area contributed by atoms with E-state index in [9.17, 15) is 25.2 Å². The second-order valence-corrected chi connectivity index (χ2v) is 10.7. The number of nitrogens with two attached hydrogens (primary N) is 3. The van der Waals surface area contributed by atoms with Crippen LogP contribution < -0.4 is 33.2 Å². The van der Waals surface area contributed by atoms with Crippen molar-refractivity contribution in [1.82, 2.24) is 16.0 Å². The van der Waals surface area contributed by atoms with Crippen molar-refractivity contribution in [3.63, 3.8) is 0 Å². The number of ether oxygens (including phenoxy) is 4. The van der Waals surface area contributed by atoms with Crippen molar-refractivity contribution in [3.05, 3.63) is 11.8 Å². The number of hydrogen-bond acceptors (Lipinski definition) is 15. The van der Waals surface area contributed by atoms with E-state index in [1.54, 1.807) is 13.1 Å². The molecule has 2 heterocycles. The molecule has 0 unspecified atom stereocenters. The molecule has 232 valence electrons. The zero-order valence-corrected chi connectivity index (χ0v) is 22.9. The van der Waals surface area contributed by atoms with Crippen molar-refractivity contribution in [2.75, 3.05) is 39.9 Å². The molecule has 3 rings (SSSR count). The van der Waals surface area contributed by atoms with Crippen LogP contribution in [0.4, 0.5) is 0 Å². The molecule has 16 heteroatoms. The summed E-state index contributed by atoms with van der Waals surface area (Å²) in [5.74, 6) is -0.236. The summed E-state index contributed by atoms with van der Waals surface area (Å²) in [6, 6.07) is -3.15. The lowest BCUT2D eigenvalue weighted by Crippen LogP contribution is -2.69. The molecule has 40 heavy (non-hydrogen) atoms. The Hall–Kier alpha value is -1.51. The standard InChI is InChI=1S/C24H46N6O10/c1-24(36)10-37-23(17(34)20(24)28-2)40-19-14(30-21(35)15(32)8-25)7-13(27)18(16(19)33)39-22-12(26)4-3-11(38-22)9-29-5-6-31/h3,12-20,22-23,28-29,31-34,36H,4-10,25-27H2,1-2H3,(H,30,35)/t12-,13+,14-,15+,16+,17-,18-,19+,20-,22-,23-,24+/m1/s1. The minimum atomic E-state index is -1.50. The number of nitrogens with one attached hydrogen (secondary N) is 3. The van der Waals surface area contributed by atoms with Gasteiger partial charge in [-0.2, -0.15) is 0 Å².